The molecule has 4 heteroatoms. The predicted molar refractivity (Wildman–Crippen MR) is 95.9 cm³/mol. The minimum Gasteiger partial charge on any atom is -0.395 e. The lowest BCUT2D eigenvalue weighted by Crippen LogP contribution is -2.52. The highest BCUT2D eigenvalue weighted by Gasteiger charge is 2.40. The molecule has 2 heterocycles. The van der Waals surface area contributed by atoms with Gasteiger partial charge < -0.3 is 14.9 Å². The number of nitrogens with zero attached hydrogens (tertiary/aromatic N) is 2. The van der Waals surface area contributed by atoms with E-state index in [1.165, 1.54) is 18.4 Å². The first kappa shape index (κ1) is 17.4. The van der Waals surface area contributed by atoms with Crippen LogP contribution in [0.5, 0.6) is 0 Å². The quantitative estimate of drug-likeness (QED) is 0.902. The molecule has 0 unspecified atom stereocenters. The molecule has 0 bridgehead atoms. The van der Waals surface area contributed by atoms with Crippen molar-refractivity contribution < 1.29 is 9.90 Å². The molecule has 1 aromatic rings. The minimum absolute atomic E-state index is 0.0720. The predicted octanol–water partition coefficient (Wildman–Crippen LogP) is 2.49. The van der Waals surface area contributed by atoms with Gasteiger partial charge in [0.1, 0.15) is 0 Å². The Morgan fingerprint density at radius 3 is 2.54 bits per heavy atom. The van der Waals surface area contributed by atoms with Gasteiger partial charge >= 0.3 is 0 Å². The van der Waals surface area contributed by atoms with Gasteiger partial charge in [0.2, 0.25) is 5.91 Å². The lowest BCUT2D eigenvalue weighted by molar-refractivity contribution is -0.139. The van der Waals surface area contributed by atoms with Crippen LogP contribution >= 0.6 is 0 Å². The van der Waals surface area contributed by atoms with Gasteiger partial charge in [-0.05, 0) is 49.2 Å². The number of piperidine rings is 2. The highest BCUT2D eigenvalue weighted by Crippen LogP contribution is 2.40. The van der Waals surface area contributed by atoms with Gasteiger partial charge in [-0.2, -0.15) is 0 Å². The number of carbonyl (C=O) groups is 1. The van der Waals surface area contributed by atoms with Crippen LogP contribution in [0.2, 0.25) is 0 Å². The van der Waals surface area contributed by atoms with E-state index in [4.69, 9.17) is 0 Å². The van der Waals surface area contributed by atoms with Crippen LogP contribution in [0, 0.1) is 5.41 Å². The summed E-state index contributed by atoms with van der Waals surface area (Å²) >= 11 is 0. The second kappa shape index (κ2) is 7.66. The third kappa shape index (κ3) is 3.98. The summed E-state index contributed by atoms with van der Waals surface area (Å²) in [5.41, 5.74) is 1.70. The molecule has 1 amide bonds. The molecule has 1 aromatic carbocycles. The maximum absolute atomic E-state index is 12.0. The Bertz CT molecular complexity index is 538. The Balaban J connectivity index is 1.53. The molecule has 2 fully saturated rings. The van der Waals surface area contributed by atoms with Crippen molar-refractivity contribution in [2.45, 2.75) is 38.5 Å². The summed E-state index contributed by atoms with van der Waals surface area (Å²) in [7, 11) is 0. The van der Waals surface area contributed by atoms with Gasteiger partial charge in [0, 0.05) is 26.1 Å². The molecule has 0 aliphatic carbocycles. The van der Waals surface area contributed by atoms with Crippen LogP contribution in [-0.4, -0.2) is 60.1 Å². The molecule has 1 N–H and O–H groups in total. The third-order valence-electron chi connectivity index (χ3n) is 5.94. The molecular weight excluding hydrogens is 300 g/mol. The van der Waals surface area contributed by atoms with Crippen molar-refractivity contribution in [3.63, 3.8) is 0 Å². The number of amides is 1. The summed E-state index contributed by atoms with van der Waals surface area (Å²) in [4.78, 5) is 16.4. The van der Waals surface area contributed by atoms with Crippen LogP contribution in [0.3, 0.4) is 0 Å². The topological polar surface area (TPSA) is 43.8 Å². The number of carbonyl (C=O) groups excluding carboxylic acids is 1. The van der Waals surface area contributed by atoms with E-state index in [1.807, 2.05) is 4.90 Å². The Morgan fingerprint density at radius 1 is 1.17 bits per heavy atom. The molecule has 0 saturated carbocycles. The van der Waals surface area contributed by atoms with E-state index in [0.29, 0.717) is 18.9 Å². The van der Waals surface area contributed by atoms with Crippen molar-refractivity contribution in [2.24, 2.45) is 5.41 Å². The van der Waals surface area contributed by atoms with Gasteiger partial charge in [-0.3, -0.25) is 4.79 Å². The van der Waals surface area contributed by atoms with Crippen LogP contribution in [0.15, 0.2) is 30.3 Å². The molecule has 3 rings (SSSR count). The van der Waals surface area contributed by atoms with Crippen LogP contribution in [0.1, 0.15) is 44.1 Å². The fraction of sp³-hybridized carbons (Fsp3) is 0.650. The first-order chi connectivity index (χ1) is 11.6. The minimum atomic E-state index is 0.0720. The molecule has 4 nitrogen and oxygen atoms in total. The fourth-order valence-electron chi connectivity index (χ4n) is 4.32. The summed E-state index contributed by atoms with van der Waals surface area (Å²) in [5, 5.41) is 9.17. The van der Waals surface area contributed by atoms with Gasteiger partial charge in [0.25, 0.3) is 0 Å². The number of rotatable bonds is 5. The number of benzene rings is 1. The zero-order valence-corrected chi connectivity index (χ0v) is 14.8. The molecule has 2 saturated heterocycles. The van der Waals surface area contributed by atoms with E-state index in [-0.39, 0.29) is 17.9 Å². The first-order valence-electron chi connectivity index (χ1n) is 9.28. The number of aliphatic hydroxyl groups is 1. The average Bonchev–Trinajstić information content (AvgIpc) is 2.61. The highest BCUT2D eigenvalue weighted by atomic mass is 16.3. The van der Waals surface area contributed by atoms with E-state index >= 15 is 0 Å². The molecule has 132 valence electrons. The number of hydrogen-bond donors (Lipinski definition) is 1. The lowest BCUT2D eigenvalue weighted by atomic mass is 9.72. The van der Waals surface area contributed by atoms with E-state index in [1.54, 1.807) is 0 Å². The SMILES string of the molecule is C[C@@H](CN1CCC2(CCC(=O)N(CCO)C2)CC1)c1ccccc1. The molecule has 0 radical (unpaired) electrons. The molecule has 2 aliphatic rings. The first-order valence-corrected chi connectivity index (χ1v) is 9.28. The van der Waals surface area contributed by atoms with Gasteiger partial charge in [-0.15, -0.1) is 0 Å². The number of likely N-dealkylation sites (tertiary alicyclic amines) is 2. The van der Waals surface area contributed by atoms with E-state index in [2.05, 4.69) is 42.2 Å². The van der Waals surface area contributed by atoms with Crippen molar-refractivity contribution in [3.8, 4) is 0 Å². The van der Waals surface area contributed by atoms with Crippen molar-refractivity contribution in [1.29, 1.82) is 0 Å². The van der Waals surface area contributed by atoms with Crippen molar-refractivity contribution in [2.75, 3.05) is 39.3 Å². The molecular formula is C20H30N2O2. The van der Waals surface area contributed by atoms with E-state index in [9.17, 15) is 9.90 Å². The molecule has 2 aliphatic heterocycles. The summed E-state index contributed by atoms with van der Waals surface area (Å²) in [6.07, 6.45) is 4.02. The highest BCUT2D eigenvalue weighted by molar-refractivity contribution is 5.77. The summed E-state index contributed by atoms with van der Waals surface area (Å²) < 4.78 is 0. The van der Waals surface area contributed by atoms with Crippen molar-refractivity contribution in [1.82, 2.24) is 9.80 Å². The summed E-state index contributed by atoms with van der Waals surface area (Å²) in [6.45, 7) is 7.07. The van der Waals surface area contributed by atoms with E-state index in [0.717, 1.165) is 32.6 Å². The summed E-state index contributed by atoms with van der Waals surface area (Å²) in [6, 6.07) is 10.7. The van der Waals surface area contributed by atoms with Crippen molar-refractivity contribution >= 4 is 5.91 Å². The Morgan fingerprint density at radius 2 is 1.88 bits per heavy atom. The van der Waals surface area contributed by atoms with Gasteiger partial charge in [0.05, 0.1) is 6.61 Å². The van der Waals surface area contributed by atoms with Crippen LogP contribution in [-0.2, 0) is 4.79 Å². The molecule has 1 spiro atoms. The summed E-state index contributed by atoms with van der Waals surface area (Å²) in [5.74, 6) is 0.772. The number of β-amino-alcohol motifs (C(OH)–C–C–N with tert-alkyl or cyclic N) is 1. The van der Waals surface area contributed by atoms with Crippen LogP contribution < -0.4 is 0 Å². The Kier molecular flexibility index (Phi) is 5.57. The van der Waals surface area contributed by atoms with Gasteiger partial charge in [-0.1, -0.05) is 37.3 Å². The van der Waals surface area contributed by atoms with Gasteiger partial charge in [-0.25, -0.2) is 0 Å². The van der Waals surface area contributed by atoms with Crippen LogP contribution in [0.25, 0.3) is 0 Å². The maximum Gasteiger partial charge on any atom is 0.222 e. The van der Waals surface area contributed by atoms with Gasteiger partial charge in [0.15, 0.2) is 0 Å². The maximum atomic E-state index is 12.0. The molecule has 0 aromatic heterocycles. The molecule has 24 heavy (non-hydrogen) atoms. The second-order valence-electron chi connectivity index (χ2n) is 7.65. The number of hydrogen-bond acceptors (Lipinski definition) is 3. The second-order valence-corrected chi connectivity index (χ2v) is 7.65. The third-order valence-corrected chi connectivity index (χ3v) is 5.94. The average molecular weight is 330 g/mol. The molecule has 1 atom stereocenters. The Labute approximate surface area is 145 Å². The zero-order chi connectivity index (χ0) is 17.0. The number of aliphatic hydroxyl groups excluding tert-OH is 1. The largest absolute Gasteiger partial charge is 0.395 e. The lowest BCUT2D eigenvalue weighted by Gasteiger charge is -2.47. The smallest absolute Gasteiger partial charge is 0.222 e. The van der Waals surface area contributed by atoms with Crippen LogP contribution in [0.4, 0.5) is 0 Å². The fourth-order valence-corrected chi connectivity index (χ4v) is 4.32. The van der Waals surface area contributed by atoms with E-state index < -0.39 is 0 Å². The normalized spacial score (nSPS) is 22.8. The van der Waals surface area contributed by atoms with Crippen molar-refractivity contribution in [3.05, 3.63) is 35.9 Å². The monoisotopic (exact) mass is 330 g/mol. The standard InChI is InChI=1S/C20H30N2O2/c1-17(18-5-3-2-4-6-18)15-21-11-9-20(10-12-21)8-7-19(24)22(16-20)13-14-23/h2-6,17,23H,7-16H2,1H3/t17-/m0/s1. The zero-order valence-electron chi connectivity index (χ0n) is 14.8. The Hall–Kier alpha value is -1.39.